The van der Waals surface area contributed by atoms with Gasteiger partial charge < -0.3 is 20.6 Å². The maximum atomic E-state index is 13.4. The van der Waals surface area contributed by atoms with E-state index in [1.54, 1.807) is 6.07 Å². The lowest BCUT2D eigenvalue weighted by Gasteiger charge is -2.21. The SMILES string of the molecule is C/C1=C(\c2c(C)cccc2C)N=C(N)NSc2cccc(c2)C1C.OCCNCc1nc2ccoc2cc1F. The van der Waals surface area contributed by atoms with Gasteiger partial charge in [0.05, 0.1) is 24.3 Å². The molecule has 5 rings (SSSR count). The standard InChI is InChI=1S/C20H23N3S.C10H11FN2O2/c1-12-7-5-8-13(2)18(12)19-15(4)14(3)16-9-6-10-17(11-16)24-23-20(21)22-19;11-7-5-10-8(1-4-15-10)13-9(7)6-12-2-3-14/h5-11,14H,1-4H3,(H3,21,22,23);1,4-5,12,14H,2-3,6H2/b19-15-;. The summed E-state index contributed by atoms with van der Waals surface area (Å²) in [4.78, 5) is 9.99. The molecule has 0 radical (unpaired) electrons. The molecule has 0 spiro atoms. The molecule has 9 heteroatoms. The third-order valence-electron chi connectivity index (χ3n) is 6.65. The quantitative estimate of drug-likeness (QED) is 0.184. The van der Waals surface area contributed by atoms with Crippen LogP contribution in [0.2, 0.25) is 0 Å². The first-order valence-corrected chi connectivity index (χ1v) is 13.6. The lowest BCUT2D eigenvalue weighted by atomic mass is 9.88. The highest BCUT2D eigenvalue weighted by Crippen LogP contribution is 2.35. The van der Waals surface area contributed by atoms with Gasteiger partial charge in [-0.1, -0.05) is 37.3 Å². The molecule has 2 aromatic heterocycles. The van der Waals surface area contributed by atoms with E-state index in [2.05, 4.69) is 85.2 Å². The fourth-order valence-corrected chi connectivity index (χ4v) is 5.02. The highest BCUT2D eigenvalue weighted by Gasteiger charge is 2.18. The van der Waals surface area contributed by atoms with Gasteiger partial charge in [0.1, 0.15) is 11.3 Å². The van der Waals surface area contributed by atoms with Crippen molar-refractivity contribution in [3.05, 3.63) is 100 Å². The smallest absolute Gasteiger partial charge is 0.204 e. The maximum Gasteiger partial charge on any atom is 0.204 e. The molecule has 5 N–H and O–H groups in total. The van der Waals surface area contributed by atoms with Gasteiger partial charge in [0, 0.05) is 41.6 Å². The second-order valence-corrected chi connectivity index (χ2v) is 10.3. The number of allylic oxidation sites excluding steroid dienone is 1. The van der Waals surface area contributed by atoms with Crippen LogP contribution < -0.4 is 15.8 Å². The van der Waals surface area contributed by atoms with Gasteiger partial charge in [0.2, 0.25) is 5.96 Å². The molecule has 4 aromatic rings. The molecule has 2 bridgehead atoms. The minimum atomic E-state index is -0.400. The number of rotatable bonds is 5. The predicted octanol–water partition coefficient (Wildman–Crippen LogP) is 5.81. The number of hydrogen-bond acceptors (Lipinski definition) is 8. The minimum absolute atomic E-state index is 0.0234. The fraction of sp³-hybridized carbons (Fsp3) is 0.267. The van der Waals surface area contributed by atoms with Crippen LogP contribution in [0, 0.1) is 19.7 Å². The average Bonchev–Trinajstić information content (AvgIpc) is 3.38. The molecule has 1 unspecified atom stereocenters. The van der Waals surface area contributed by atoms with Crippen molar-refractivity contribution in [2.24, 2.45) is 10.7 Å². The summed E-state index contributed by atoms with van der Waals surface area (Å²) in [5, 5.41) is 11.4. The maximum absolute atomic E-state index is 13.4. The number of aliphatic hydroxyl groups excluding tert-OH is 1. The highest BCUT2D eigenvalue weighted by atomic mass is 32.2. The van der Waals surface area contributed by atoms with Gasteiger partial charge in [-0.15, -0.1) is 0 Å². The van der Waals surface area contributed by atoms with Crippen LogP contribution in [0.15, 0.2) is 80.7 Å². The van der Waals surface area contributed by atoms with E-state index in [-0.39, 0.29) is 12.5 Å². The molecule has 204 valence electrons. The highest BCUT2D eigenvalue weighted by molar-refractivity contribution is 7.98. The first-order chi connectivity index (χ1) is 18.8. The Hall–Kier alpha value is -3.66. The lowest BCUT2D eigenvalue weighted by molar-refractivity contribution is 0.291. The van der Waals surface area contributed by atoms with Crippen LogP contribution in [-0.2, 0) is 6.54 Å². The summed E-state index contributed by atoms with van der Waals surface area (Å²) in [5.74, 6) is 0.300. The molecule has 39 heavy (non-hydrogen) atoms. The molecule has 1 atom stereocenters. The number of guanidine groups is 1. The average molecular weight is 548 g/mol. The van der Waals surface area contributed by atoms with Crippen molar-refractivity contribution in [1.29, 1.82) is 0 Å². The number of fused-ring (bicyclic) bond motifs is 3. The molecular formula is C30H34FN5O2S. The van der Waals surface area contributed by atoms with E-state index in [9.17, 15) is 4.39 Å². The predicted molar refractivity (Wildman–Crippen MR) is 157 cm³/mol. The Morgan fingerprint density at radius 3 is 2.59 bits per heavy atom. The summed E-state index contributed by atoms with van der Waals surface area (Å²) in [5.41, 5.74) is 14.6. The molecule has 1 aliphatic rings. The van der Waals surface area contributed by atoms with Crippen LogP contribution >= 0.6 is 11.9 Å². The Morgan fingerprint density at radius 2 is 1.85 bits per heavy atom. The second-order valence-electron chi connectivity index (χ2n) is 9.42. The number of benzene rings is 2. The Balaban J connectivity index is 0.000000202. The number of nitrogens with zero attached hydrogens (tertiary/aromatic N) is 2. The van der Waals surface area contributed by atoms with Crippen LogP contribution in [0.3, 0.4) is 0 Å². The van der Waals surface area contributed by atoms with Crippen molar-refractivity contribution >= 4 is 34.7 Å². The monoisotopic (exact) mass is 547 g/mol. The van der Waals surface area contributed by atoms with Crippen molar-refractivity contribution in [3.8, 4) is 0 Å². The van der Waals surface area contributed by atoms with Gasteiger partial charge >= 0.3 is 0 Å². The number of nitrogens with one attached hydrogen (secondary N) is 2. The van der Waals surface area contributed by atoms with E-state index >= 15 is 0 Å². The molecular weight excluding hydrogens is 513 g/mol. The normalized spacial score (nSPS) is 17.2. The Morgan fingerprint density at radius 1 is 1.10 bits per heavy atom. The largest absolute Gasteiger partial charge is 0.463 e. The second kappa shape index (κ2) is 12.9. The van der Waals surface area contributed by atoms with Gasteiger partial charge in [0.15, 0.2) is 5.58 Å². The molecule has 0 aliphatic carbocycles. The lowest BCUT2D eigenvalue weighted by Crippen LogP contribution is -2.26. The van der Waals surface area contributed by atoms with Crippen molar-refractivity contribution in [2.45, 2.75) is 45.1 Å². The van der Waals surface area contributed by atoms with E-state index in [0.29, 0.717) is 35.8 Å². The molecule has 0 amide bonds. The number of aliphatic hydroxyl groups is 1. The first kappa shape index (κ1) is 28.4. The summed E-state index contributed by atoms with van der Waals surface area (Å²) >= 11 is 1.50. The first-order valence-electron chi connectivity index (χ1n) is 12.8. The molecule has 0 saturated heterocycles. The van der Waals surface area contributed by atoms with Crippen molar-refractivity contribution in [3.63, 3.8) is 0 Å². The van der Waals surface area contributed by atoms with Gasteiger partial charge in [-0.3, -0.25) is 4.72 Å². The zero-order valence-corrected chi connectivity index (χ0v) is 23.4. The van der Waals surface area contributed by atoms with Crippen LogP contribution in [0.4, 0.5) is 4.39 Å². The van der Waals surface area contributed by atoms with Crippen LogP contribution in [0.25, 0.3) is 16.8 Å². The number of pyridine rings is 1. The van der Waals surface area contributed by atoms with Gasteiger partial charge in [-0.25, -0.2) is 14.4 Å². The zero-order chi connectivity index (χ0) is 27.9. The van der Waals surface area contributed by atoms with E-state index in [4.69, 9.17) is 20.2 Å². The van der Waals surface area contributed by atoms with E-state index in [0.717, 1.165) is 10.6 Å². The van der Waals surface area contributed by atoms with E-state index < -0.39 is 5.82 Å². The number of aliphatic imine (C=N–C) groups is 1. The Kier molecular flexibility index (Phi) is 9.40. The Bertz CT molecular complexity index is 1490. The molecule has 7 nitrogen and oxygen atoms in total. The van der Waals surface area contributed by atoms with Crippen LogP contribution in [0.5, 0.6) is 0 Å². The number of nitrogens with two attached hydrogens (primary N) is 1. The van der Waals surface area contributed by atoms with Crippen LogP contribution in [0.1, 0.15) is 47.7 Å². The summed E-state index contributed by atoms with van der Waals surface area (Å²) in [6.45, 7) is 9.38. The molecule has 0 fully saturated rings. The summed E-state index contributed by atoms with van der Waals surface area (Å²) in [6, 6.07) is 17.9. The third kappa shape index (κ3) is 6.86. The van der Waals surface area contributed by atoms with Gasteiger partial charge in [-0.05, 0) is 67.1 Å². The van der Waals surface area contributed by atoms with E-state index in [1.165, 1.54) is 52.1 Å². The molecule has 3 heterocycles. The summed E-state index contributed by atoms with van der Waals surface area (Å²) in [7, 11) is 0. The summed E-state index contributed by atoms with van der Waals surface area (Å²) < 4.78 is 21.6. The molecule has 2 aromatic carbocycles. The fourth-order valence-electron chi connectivity index (χ4n) is 4.41. The van der Waals surface area contributed by atoms with Crippen LogP contribution in [-0.4, -0.2) is 29.2 Å². The number of furan rings is 1. The number of aromatic nitrogens is 1. The number of hydrogen-bond donors (Lipinski definition) is 4. The molecule has 1 aliphatic heterocycles. The number of halogens is 1. The van der Waals surface area contributed by atoms with Crippen molar-refractivity contribution in [2.75, 3.05) is 13.2 Å². The topological polar surface area (TPSA) is 109 Å². The van der Waals surface area contributed by atoms with Gasteiger partial charge in [-0.2, -0.15) is 0 Å². The minimum Gasteiger partial charge on any atom is -0.463 e. The Labute approximate surface area is 232 Å². The van der Waals surface area contributed by atoms with E-state index in [1.807, 2.05) is 0 Å². The van der Waals surface area contributed by atoms with Crippen molar-refractivity contribution in [1.82, 2.24) is 15.0 Å². The summed E-state index contributed by atoms with van der Waals surface area (Å²) in [6.07, 6.45) is 1.47. The zero-order valence-electron chi connectivity index (χ0n) is 22.6. The van der Waals surface area contributed by atoms with Gasteiger partial charge in [0.25, 0.3) is 0 Å². The number of aryl methyl sites for hydroxylation is 2. The third-order valence-corrected chi connectivity index (χ3v) is 7.45. The molecule has 0 saturated carbocycles. The van der Waals surface area contributed by atoms with Crippen molar-refractivity contribution < 1.29 is 13.9 Å².